The molecule has 0 heterocycles. The molecule has 0 aliphatic carbocycles. The highest BCUT2D eigenvalue weighted by Crippen LogP contribution is 2.19. The molecule has 8 nitrogen and oxygen atoms in total. The van der Waals surface area contributed by atoms with Crippen LogP contribution >= 0.6 is 0 Å². The van der Waals surface area contributed by atoms with Gasteiger partial charge in [0.05, 0.1) is 29.6 Å². The summed E-state index contributed by atoms with van der Waals surface area (Å²) < 4.78 is 9.81. The number of methoxy groups -OCH3 is 1. The van der Waals surface area contributed by atoms with E-state index in [2.05, 4.69) is 15.4 Å². The molecule has 0 spiro atoms. The van der Waals surface area contributed by atoms with Crippen molar-refractivity contribution < 1.29 is 28.7 Å². The third-order valence-corrected chi connectivity index (χ3v) is 4.62. The maximum atomic E-state index is 12.6. The van der Waals surface area contributed by atoms with Crippen molar-refractivity contribution in [1.82, 2.24) is 0 Å². The summed E-state index contributed by atoms with van der Waals surface area (Å²) in [5.41, 5.74) is 2.13. The average molecular weight is 446 g/mol. The van der Waals surface area contributed by atoms with Crippen molar-refractivity contribution >= 4 is 35.1 Å². The standard InChI is InChI=1S/C25H22N2O6/c1-16-8-7-9-17(14-16)23(29)27-21-13-6-4-11-19(21)25(31)33-15-22(28)26-20-12-5-3-10-18(20)24(30)32-2/h3-14H,15H2,1-2H3,(H,26,28)(H,27,29). The van der Waals surface area contributed by atoms with Gasteiger partial charge in [0.25, 0.3) is 11.8 Å². The number of para-hydroxylation sites is 2. The molecule has 3 aromatic carbocycles. The summed E-state index contributed by atoms with van der Waals surface area (Å²) in [7, 11) is 1.23. The first-order chi connectivity index (χ1) is 15.9. The maximum absolute atomic E-state index is 12.6. The zero-order valence-corrected chi connectivity index (χ0v) is 18.1. The van der Waals surface area contributed by atoms with Gasteiger partial charge in [-0.1, -0.05) is 42.0 Å². The summed E-state index contributed by atoms with van der Waals surface area (Å²) in [5, 5.41) is 5.22. The first-order valence-electron chi connectivity index (χ1n) is 10.0. The van der Waals surface area contributed by atoms with Crippen molar-refractivity contribution in [3.63, 3.8) is 0 Å². The van der Waals surface area contributed by atoms with Crippen molar-refractivity contribution in [1.29, 1.82) is 0 Å². The van der Waals surface area contributed by atoms with Crippen molar-refractivity contribution in [3.8, 4) is 0 Å². The molecule has 0 saturated carbocycles. The van der Waals surface area contributed by atoms with Crippen LogP contribution < -0.4 is 10.6 Å². The molecule has 3 rings (SSSR count). The predicted molar refractivity (Wildman–Crippen MR) is 122 cm³/mol. The molecule has 2 N–H and O–H groups in total. The van der Waals surface area contributed by atoms with Crippen LogP contribution in [0.2, 0.25) is 0 Å². The van der Waals surface area contributed by atoms with Gasteiger partial charge in [-0.2, -0.15) is 0 Å². The summed E-state index contributed by atoms with van der Waals surface area (Å²) in [4.78, 5) is 49.2. The van der Waals surface area contributed by atoms with E-state index in [1.807, 2.05) is 13.0 Å². The molecule has 0 aromatic heterocycles. The Labute approximate surface area is 190 Å². The molecule has 0 saturated heterocycles. The lowest BCUT2D eigenvalue weighted by Crippen LogP contribution is -2.23. The van der Waals surface area contributed by atoms with Gasteiger partial charge in [-0.15, -0.1) is 0 Å². The van der Waals surface area contributed by atoms with Gasteiger partial charge < -0.3 is 20.1 Å². The lowest BCUT2D eigenvalue weighted by molar-refractivity contribution is -0.119. The normalized spacial score (nSPS) is 10.1. The molecule has 0 aliphatic rings. The number of benzene rings is 3. The number of hydrogen-bond donors (Lipinski definition) is 2. The lowest BCUT2D eigenvalue weighted by atomic mass is 10.1. The van der Waals surface area contributed by atoms with E-state index in [9.17, 15) is 19.2 Å². The molecule has 33 heavy (non-hydrogen) atoms. The van der Waals surface area contributed by atoms with Crippen molar-refractivity contribution in [2.75, 3.05) is 24.4 Å². The van der Waals surface area contributed by atoms with Gasteiger partial charge in [-0.05, 0) is 43.3 Å². The van der Waals surface area contributed by atoms with Gasteiger partial charge in [-0.3, -0.25) is 9.59 Å². The quantitative estimate of drug-likeness (QED) is 0.534. The number of amides is 2. The number of carbonyl (C=O) groups is 4. The minimum Gasteiger partial charge on any atom is -0.465 e. The molecule has 0 fully saturated rings. The van der Waals surface area contributed by atoms with Crippen LogP contribution in [-0.4, -0.2) is 37.5 Å². The number of ether oxygens (including phenoxy) is 2. The summed E-state index contributed by atoms with van der Waals surface area (Å²) in [6, 6.07) is 19.7. The van der Waals surface area contributed by atoms with E-state index < -0.39 is 24.5 Å². The van der Waals surface area contributed by atoms with Crippen LogP contribution in [0.3, 0.4) is 0 Å². The van der Waals surface area contributed by atoms with Crippen LogP contribution in [0.5, 0.6) is 0 Å². The smallest absolute Gasteiger partial charge is 0.340 e. The molecule has 0 unspecified atom stereocenters. The van der Waals surface area contributed by atoms with Gasteiger partial charge in [0.1, 0.15) is 0 Å². The fourth-order valence-corrected chi connectivity index (χ4v) is 3.03. The van der Waals surface area contributed by atoms with Crippen molar-refractivity contribution in [2.45, 2.75) is 6.92 Å². The highest BCUT2D eigenvalue weighted by molar-refractivity contribution is 6.08. The van der Waals surface area contributed by atoms with E-state index in [0.717, 1.165) is 5.56 Å². The van der Waals surface area contributed by atoms with E-state index in [-0.39, 0.29) is 28.4 Å². The second kappa shape index (κ2) is 10.7. The van der Waals surface area contributed by atoms with Crippen LogP contribution in [0.1, 0.15) is 36.6 Å². The predicted octanol–water partition coefficient (Wildman–Crippen LogP) is 3.83. The summed E-state index contributed by atoms with van der Waals surface area (Å²) >= 11 is 0. The third-order valence-electron chi connectivity index (χ3n) is 4.62. The molecule has 0 bridgehead atoms. The highest BCUT2D eigenvalue weighted by Gasteiger charge is 2.18. The molecular formula is C25H22N2O6. The Hall–Kier alpha value is -4.46. The van der Waals surface area contributed by atoms with Gasteiger partial charge in [0.2, 0.25) is 0 Å². The molecule has 2 amide bonds. The van der Waals surface area contributed by atoms with Crippen LogP contribution in [0.25, 0.3) is 0 Å². The Morgan fingerprint density at radius 3 is 2.00 bits per heavy atom. The first-order valence-corrected chi connectivity index (χ1v) is 10.0. The van der Waals surface area contributed by atoms with E-state index in [4.69, 9.17) is 4.74 Å². The van der Waals surface area contributed by atoms with Crippen LogP contribution in [0, 0.1) is 6.92 Å². The number of hydrogen-bond acceptors (Lipinski definition) is 6. The van der Waals surface area contributed by atoms with Crippen molar-refractivity contribution in [2.24, 2.45) is 0 Å². The number of esters is 2. The Morgan fingerprint density at radius 1 is 0.758 bits per heavy atom. The van der Waals surface area contributed by atoms with Gasteiger partial charge in [-0.25, -0.2) is 9.59 Å². The maximum Gasteiger partial charge on any atom is 0.340 e. The van der Waals surface area contributed by atoms with E-state index in [1.54, 1.807) is 48.5 Å². The Kier molecular flexibility index (Phi) is 7.54. The Bertz CT molecular complexity index is 1200. The second-order valence-corrected chi connectivity index (χ2v) is 7.03. The zero-order chi connectivity index (χ0) is 23.8. The number of aryl methyl sites for hydroxylation is 1. The number of carbonyl (C=O) groups excluding carboxylic acids is 4. The molecule has 8 heteroatoms. The van der Waals surface area contributed by atoms with Crippen molar-refractivity contribution in [3.05, 3.63) is 95.1 Å². The van der Waals surface area contributed by atoms with Crippen LogP contribution in [0.4, 0.5) is 11.4 Å². The number of anilines is 2. The Morgan fingerprint density at radius 2 is 1.36 bits per heavy atom. The fraction of sp³-hybridized carbons (Fsp3) is 0.120. The van der Waals surface area contributed by atoms with E-state index in [0.29, 0.717) is 5.56 Å². The minimum absolute atomic E-state index is 0.0984. The molecule has 3 aromatic rings. The molecule has 0 atom stereocenters. The van der Waals surface area contributed by atoms with Gasteiger partial charge in [0, 0.05) is 5.56 Å². The molecule has 0 aliphatic heterocycles. The molecule has 168 valence electrons. The highest BCUT2D eigenvalue weighted by atomic mass is 16.5. The summed E-state index contributed by atoms with van der Waals surface area (Å²) in [6.07, 6.45) is 0. The van der Waals surface area contributed by atoms with Crippen LogP contribution in [0.15, 0.2) is 72.8 Å². The monoisotopic (exact) mass is 446 g/mol. The third kappa shape index (κ3) is 6.04. The SMILES string of the molecule is COC(=O)c1ccccc1NC(=O)COC(=O)c1ccccc1NC(=O)c1cccc(C)c1. The van der Waals surface area contributed by atoms with Gasteiger partial charge >= 0.3 is 11.9 Å². The fourth-order valence-electron chi connectivity index (χ4n) is 3.03. The number of nitrogens with one attached hydrogen (secondary N) is 2. The molecule has 0 radical (unpaired) electrons. The summed E-state index contributed by atoms with van der Waals surface area (Å²) in [5.74, 6) is -2.41. The van der Waals surface area contributed by atoms with Gasteiger partial charge in [0.15, 0.2) is 6.61 Å². The largest absolute Gasteiger partial charge is 0.465 e. The first kappa shape index (κ1) is 23.2. The zero-order valence-electron chi connectivity index (χ0n) is 18.1. The van der Waals surface area contributed by atoms with E-state index >= 15 is 0 Å². The van der Waals surface area contributed by atoms with Crippen LogP contribution in [-0.2, 0) is 14.3 Å². The Balaban J connectivity index is 1.65. The average Bonchev–Trinajstić information content (AvgIpc) is 2.82. The lowest BCUT2D eigenvalue weighted by Gasteiger charge is -2.12. The second-order valence-electron chi connectivity index (χ2n) is 7.03. The van der Waals surface area contributed by atoms with E-state index in [1.165, 1.54) is 25.3 Å². The minimum atomic E-state index is -0.786. The topological polar surface area (TPSA) is 111 Å². The molecular weight excluding hydrogens is 424 g/mol. The number of rotatable bonds is 7. The summed E-state index contributed by atoms with van der Waals surface area (Å²) in [6.45, 7) is 1.28.